The zero-order valence-corrected chi connectivity index (χ0v) is 15.2. The van der Waals surface area contributed by atoms with E-state index in [2.05, 4.69) is 9.80 Å². The van der Waals surface area contributed by atoms with Crippen LogP contribution >= 0.6 is 24.8 Å². The lowest BCUT2D eigenvalue weighted by atomic mass is 10.2. The van der Waals surface area contributed by atoms with Crippen molar-refractivity contribution in [3.63, 3.8) is 0 Å². The number of aliphatic hydroxyl groups excluding tert-OH is 2. The SMILES string of the molecule is Cc1ccc(OCC(O)CN2CCN(CCO)CC2)cc1.Cl.Cl. The summed E-state index contributed by atoms with van der Waals surface area (Å²) in [6, 6.07) is 7.86. The van der Waals surface area contributed by atoms with Crippen LogP contribution in [0.15, 0.2) is 24.3 Å². The largest absolute Gasteiger partial charge is 0.491 e. The molecule has 23 heavy (non-hydrogen) atoms. The fourth-order valence-electron chi connectivity index (χ4n) is 2.51. The van der Waals surface area contributed by atoms with Gasteiger partial charge in [-0.3, -0.25) is 9.80 Å². The molecule has 134 valence electrons. The first-order valence-electron chi connectivity index (χ1n) is 7.60. The normalized spacial score (nSPS) is 17.0. The Hall–Kier alpha value is -0.560. The molecule has 2 rings (SSSR count). The molecule has 1 aromatic carbocycles. The van der Waals surface area contributed by atoms with Gasteiger partial charge in [-0.05, 0) is 19.1 Å². The summed E-state index contributed by atoms with van der Waals surface area (Å²) in [5, 5.41) is 19.0. The van der Waals surface area contributed by atoms with Crippen molar-refractivity contribution in [2.45, 2.75) is 13.0 Å². The zero-order valence-electron chi connectivity index (χ0n) is 13.6. The van der Waals surface area contributed by atoms with Crippen molar-refractivity contribution in [1.29, 1.82) is 0 Å². The minimum atomic E-state index is -0.476. The molecule has 0 bridgehead atoms. The van der Waals surface area contributed by atoms with Crippen LogP contribution in [-0.2, 0) is 0 Å². The highest BCUT2D eigenvalue weighted by molar-refractivity contribution is 5.85. The van der Waals surface area contributed by atoms with Gasteiger partial charge in [0.15, 0.2) is 0 Å². The molecule has 0 spiro atoms. The first-order chi connectivity index (χ1) is 10.2. The molecule has 2 N–H and O–H groups in total. The van der Waals surface area contributed by atoms with Gasteiger partial charge in [-0.2, -0.15) is 0 Å². The minimum Gasteiger partial charge on any atom is -0.491 e. The molecule has 7 heteroatoms. The molecule has 0 aromatic heterocycles. The van der Waals surface area contributed by atoms with Crippen molar-refractivity contribution >= 4 is 24.8 Å². The number of hydrogen-bond donors (Lipinski definition) is 2. The fraction of sp³-hybridized carbons (Fsp3) is 0.625. The summed E-state index contributed by atoms with van der Waals surface area (Å²) in [6.07, 6.45) is -0.476. The maximum absolute atomic E-state index is 10.1. The molecule has 0 radical (unpaired) electrons. The average Bonchev–Trinajstić information content (AvgIpc) is 2.49. The molecular formula is C16H28Cl2N2O3. The number of hydrogen-bond acceptors (Lipinski definition) is 5. The van der Waals surface area contributed by atoms with E-state index in [4.69, 9.17) is 9.84 Å². The maximum Gasteiger partial charge on any atom is 0.119 e. The highest BCUT2D eigenvalue weighted by atomic mass is 35.5. The summed E-state index contributed by atoms with van der Waals surface area (Å²) in [7, 11) is 0. The van der Waals surface area contributed by atoms with Gasteiger partial charge in [0.25, 0.3) is 0 Å². The van der Waals surface area contributed by atoms with Gasteiger partial charge in [0.2, 0.25) is 0 Å². The Morgan fingerprint density at radius 3 is 2.17 bits per heavy atom. The molecule has 1 fully saturated rings. The Morgan fingerprint density at radius 2 is 1.61 bits per heavy atom. The predicted octanol–water partition coefficient (Wildman–Crippen LogP) is 1.19. The van der Waals surface area contributed by atoms with Crippen molar-refractivity contribution in [1.82, 2.24) is 9.80 Å². The Kier molecular flexibility index (Phi) is 11.6. The summed E-state index contributed by atoms with van der Waals surface area (Å²) in [6.45, 7) is 7.72. The van der Waals surface area contributed by atoms with E-state index in [9.17, 15) is 5.11 Å². The Balaban J connectivity index is 0.00000242. The van der Waals surface area contributed by atoms with Gasteiger partial charge in [0, 0.05) is 39.3 Å². The van der Waals surface area contributed by atoms with Crippen molar-refractivity contribution in [3.05, 3.63) is 29.8 Å². The Morgan fingerprint density at radius 1 is 1.04 bits per heavy atom. The summed E-state index contributed by atoms with van der Waals surface area (Å²) >= 11 is 0. The van der Waals surface area contributed by atoms with Crippen LogP contribution in [0.3, 0.4) is 0 Å². The van der Waals surface area contributed by atoms with E-state index in [1.54, 1.807) is 0 Å². The van der Waals surface area contributed by atoms with E-state index >= 15 is 0 Å². The third kappa shape index (κ3) is 8.20. The van der Waals surface area contributed by atoms with Crippen LogP contribution in [0.2, 0.25) is 0 Å². The molecular weight excluding hydrogens is 339 g/mol. The van der Waals surface area contributed by atoms with E-state index in [0.29, 0.717) is 13.2 Å². The molecule has 1 unspecified atom stereocenters. The number of ether oxygens (including phenoxy) is 1. The maximum atomic E-state index is 10.1. The zero-order chi connectivity index (χ0) is 15.1. The van der Waals surface area contributed by atoms with Crippen molar-refractivity contribution < 1.29 is 14.9 Å². The number of halogens is 2. The predicted molar refractivity (Wildman–Crippen MR) is 97.1 cm³/mol. The van der Waals surface area contributed by atoms with Crippen LogP contribution in [0, 0.1) is 6.92 Å². The fourth-order valence-corrected chi connectivity index (χ4v) is 2.51. The van der Waals surface area contributed by atoms with Gasteiger partial charge in [-0.15, -0.1) is 24.8 Å². The van der Waals surface area contributed by atoms with Crippen LogP contribution in [0.5, 0.6) is 5.75 Å². The van der Waals surface area contributed by atoms with Gasteiger partial charge in [0.05, 0.1) is 6.61 Å². The van der Waals surface area contributed by atoms with E-state index in [0.717, 1.165) is 38.5 Å². The Labute approximate surface area is 151 Å². The number of piperazine rings is 1. The summed E-state index contributed by atoms with van der Waals surface area (Å²) in [5.74, 6) is 0.799. The van der Waals surface area contributed by atoms with Crippen molar-refractivity contribution in [2.75, 3.05) is 52.5 Å². The van der Waals surface area contributed by atoms with Gasteiger partial charge >= 0.3 is 0 Å². The third-order valence-corrected chi connectivity index (χ3v) is 3.81. The molecule has 5 nitrogen and oxygen atoms in total. The molecule has 0 amide bonds. The molecule has 1 aromatic rings. The number of β-amino-alcohol motifs (C(OH)–C–C–N with tert-alkyl or cyclic N) is 2. The number of aryl methyl sites for hydroxylation is 1. The highest BCUT2D eigenvalue weighted by Crippen LogP contribution is 2.12. The number of benzene rings is 1. The number of nitrogens with zero attached hydrogens (tertiary/aromatic N) is 2. The lowest BCUT2D eigenvalue weighted by Crippen LogP contribution is -2.49. The van der Waals surface area contributed by atoms with E-state index < -0.39 is 6.10 Å². The average molecular weight is 367 g/mol. The standard InChI is InChI=1S/C16H26N2O3.2ClH/c1-14-2-4-16(5-3-14)21-13-15(20)12-18-8-6-17(7-9-18)10-11-19;;/h2-5,15,19-20H,6-13H2,1H3;2*1H. The molecule has 1 aliphatic rings. The van der Waals surface area contributed by atoms with Crippen LogP contribution in [0.4, 0.5) is 0 Å². The summed E-state index contributed by atoms with van der Waals surface area (Å²) < 4.78 is 5.60. The second kappa shape index (κ2) is 11.9. The second-order valence-electron chi connectivity index (χ2n) is 5.64. The van der Waals surface area contributed by atoms with Crippen LogP contribution < -0.4 is 4.74 Å². The molecule has 1 saturated heterocycles. The molecule has 1 heterocycles. The van der Waals surface area contributed by atoms with Crippen LogP contribution in [0.25, 0.3) is 0 Å². The molecule has 1 aliphatic heterocycles. The highest BCUT2D eigenvalue weighted by Gasteiger charge is 2.18. The van der Waals surface area contributed by atoms with E-state index in [-0.39, 0.29) is 31.4 Å². The van der Waals surface area contributed by atoms with E-state index in [1.807, 2.05) is 31.2 Å². The second-order valence-corrected chi connectivity index (χ2v) is 5.64. The van der Waals surface area contributed by atoms with Gasteiger partial charge in [-0.1, -0.05) is 17.7 Å². The van der Waals surface area contributed by atoms with Crippen LogP contribution in [-0.4, -0.2) is 78.6 Å². The summed E-state index contributed by atoms with van der Waals surface area (Å²) in [5.41, 5.74) is 1.20. The van der Waals surface area contributed by atoms with Gasteiger partial charge in [-0.25, -0.2) is 0 Å². The van der Waals surface area contributed by atoms with Crippen molar-refractivity contribution in [3.8, 4) is 5.75 Å². The third-order valence-electron chi connectivity index (χ3n) is 3.81. The quantitative estimate of drug-likeness (QED) is 0.758. The topological polar surface area (TPSA) is 56.2 Å². The minimum absolute atomic E-state index is 0. The summed E-state index contributed by atoms with van der Waals surface area (Å²) in [4.78, 5) is 4.49. The number of rotatable bonds is 7. The molecule has 0 aliphatic carbocycles. The van der Waals surface area contributed by atoms with Gasteiger partial charge in [0.1, 0.15) is 18.5 Å². The molecule has 1 atom stereocenters. The molecule has 0 saturated carbocycles. The monoisotopic (exact) mass is 366 g/mol. The van der Waals surface area contributed by atoms with Crippen molar-refractivity contribution in [2.24, 2.45) is 0 Å². The van der Waals surface area contributed by atoms with Gasteiger partial charge < -0.3 is 14.9 Å². The number of aliphatic hydroxyl groups is 2. The first-order valence-corrected chi connectivity index (χ1v) is 7.60. The van der Waals surface area contributed by atoms with E-state index in [1.165, 1.54) is 5.56 Å². The smallest absolute Gasteiger partial charge is 0.119 e. The Bertz CT molecular complexity index is 412. The lowest BCUT2D eigenvalue weighted by Gasteiger charge is -2.35. The first kappa shape index (κ1) is 22.4. The lowest BCUT2D eigenvalue weighted by molar-refractivity contribution is 0.0428. The van der Waals surface area contributed by atoms with Crippen LogP contribution in [0.1, 0.15) is 5.56 Å².